The van der Waals surface area contributed by atoms with Crippen LogP contribution in [0.3, 0.4) is 0 Å². The molecule has 1 N–H and O–H groups in total. The van der Waals surface area contributed by atoms with Crippen molar-refractivity contribution in [2.75, 3.05) is 19.6 Å². The van der Waals surface area contributed by atoms with Crippen molar-refractivity contribution in [3.8, 4) is 0 Å². The fraction of sp³-hybridized carbons (Fsp3) is 0.500. The van der Waals surface area contributed by atoms with E-state index in [-0.39, 0.29) is 5.91 Å². The summed E-state index contributed by atoms with van der Waals surface area (Å²) in [6.07, 6.45) is 2.05. The van der Waals surface area contributed by atoms with E-state index >= 15 is 0 Å². The lowest BCUT2D eigenvalue weighted by Crippen LogP contribution is -2.40. The van der Waals surface area contributed by atoms with Gasteiger partial charge in [-0.3, -0.25) is 9.69 Å². The second kappa shape index (κ2) is 5.82. The van der Waals surface area contributed by atoms with Crippen molar-refractivity contribution < 1.29 is 4.79 Å². The summed E-state index contributed by atoms with van der Waals surface area (Å²) >= 11 is 0. The van der Waals surface area contributed by atoms with Gasteiger partial charge < -0.3 is 5.32 Å². The van der Waals surface area contributed by atoms with E-state index in [1.54, 1.807) is 0 Å². The van der Waals surface area contributed by atoms with Gasteiger partial charge in [-0.05, 0) is 24.0 Å². The van der Waals surface area contributed by atoms with E-state index in [9.17, 15) is 4.79 Å². The van der Waals surface area contributed by atoms with Gasteiger partial charge in [-0.2, -0.15) is 0 Å². The minimum atomic E-state index is 0.145. The molecule has 92 valence electrons. The van der Waals surface area contributed by atoms with Gasteiger partial charge in [0.2, 0.25) is 5.91 Å². The third-order valence-corrected chi connectivity index (χ3v) is 3.15. The average molecular weight is 232 g/mol. The third kappa shape index (κ3) is 3.30. The number of carbonyl (C=O) groups excluding carboxylic acids is 1. The molecular weight excluding hydrogens is 212 g/mol. The average Bonchev–Trinajstić information content (AvgIpc) is 2.36. The van der Waals surface area contributed by atoms with Gasteiger partial charge in [0.1, 0.15) is 0 Å². The molecule has 2 rings (SSSR count). The smallest absolute Gasteiger partial charge is 0.234 e. The van der Waals surface area contributed by atoms with Crippen LogP contribution in [-0.4, -0.2) is 30.4 Å². The van der Waals surface area contributed by atoms with Gasteiger partial charge in [0.05, 0.1) is 6.54 Å². The number of amides is 1. The first-order valence-electron chi connectivity index (χ1n) is 6.35. The maximum atomic E-state index is 11.6. The van der Waals surface area contributed by atoms with Crippen LogP contribution in [0.1, 0.15) is 24.5 Å². The van der Waals surface area contributed by atoms with Crippen molar-refractivity contribution in [2.24, 2.45) is 0 Å². The summed E-state index contributed by atoms with van der Waals surface area (Å²) in [7, 11) is 0. The summed E-state index contributed by atoms with van der Waals surface area (Å²) in [5.41, 5.74) is 2.79. The zero-order valence-corrected chi connectivity index (χ0v) is 10.4. The van der Waals surface area contributed by atoms with Crippen molar-refractivity contribution in [2.45, 2.75) is 26.3 Å². The van der Waals surface area contributed by atoms with Gasteiger partial charge in [0.25, 0.3) is 0 Å². The Labute approximate surface area is 103 Å². The van der Waals surface area contributed by atoms with E-state index in [1.807, 2.05) is 0 Å². The molecule has 3 heteroatoms. The molecule has 0 radical (unpaired) electrons. The molecule has 0 atom stereocenters. The summed E-state index contributed by atoms with van der Waals surface area (Å²) in [5.74, 6) is 0.145. The fourth-order valence-corrected chi connectivity index (χ4v) is 2.21. The molecule has 1 aromatic rings. The number of nitrogens with zero attached hydrogens (tertiary/aromatic N) is 1. The summed E-state index contributed by atoms with van der Waals surface area (Å²) in [5, 5.41) is 2.92. The van der Waals surface area contributed by atoms with Crippen LogP contribution in [0.4, 0.5) is 0 Å². The zero-order chi connectivity index (χ0) is 12.1. The van der Waals surface area contributed by atoms with Crippen LogP contribution in [0.2, 0.25) is 0 Å². The van der Waals surface area contributed by atoms with Gasteiger partial charge in [-0.15, -0.1) is 0 Å². The lowest BCUT2D eigenvalue weighted by molar-refractivity contribution is -0.122. The molecule has 0 unspecified atom stereocenters. The highest BCUT2D eigenvalue weighted by Crippen LogP contribution is 2.17. The van der Waals surface area contributed by atoms with E-state index in [0.717, 1.165) is 32.5 Å². The number of hydrogen-bond donors (Lipinski definition) is 1. The highest BCUT2D eigenvalue weighted by Gasteiger charge is 2.17. The van der Waals surface area contributed by atoms with Gasteiger partial charge in [-0.1, -0.05) is 31.2 Å². The largest absolute Gasteiger partial charge is 0.355 e. The second-order valence-corrected chi connectivity index (χ2v) is 4.58. The molecule has 0 saturated heterocycles. The predicted molar refractivity (Wildman–Crippen MR) is 68.7 cm³/mol. The Balaban J connectivity index is 1.88. The SMILES string of the molecule is CCCNC(=O)CN1CCc2ccccc2C1. The number of nitrogens with one attached hydrogen (secondary N) is 1. The first-order chi connectivity index (χ1) is 8.29. The Hall–Kier alpha value is -1.35. The summed E-state index contributed by atoms with van der Waals surface area (Å²) in [6, 6.07) is 8.50. The molecule has 3 nitrogen and oxygen atoms in total. The van der Waals surface area contributed by atoms with Crippen molar-refractivity contribution >= 4 is 5.91 Å². The lowest BCUT2D eigenvalue weighted by atomic mass is 10.00. The first-order valence-corrected chi connectivity index (χ1v) is 6.35. The lowest BCUT2D eigenvalue weighted by Gasteiger charge is -2.28. The minimum Gasteiger partial charge on any atom is -0.355 e. The Morgan fingerprint density at radius 2 is 2.12 bits per heavy atom. The molecule has 1 heterocycles. The van der Waals surface area contributed by atoms with Crippen LogP contribution in [-0.2, 0) is 17.8 Å². The first kappa shape index (κ1) is 12.1. The molecule has 0 fully saturated rings. The maximum Gasteiger partial charge on any atom is 0.234 e. The van der Waals surface area contributed by atoms with Crippen LogP contribution >= 0.6 is 0 Å². The molecule has 0 aromatic heterocycles. The van der Waals surface area contributed by atoms with Gasteiger partial charge >= 0.3 is 0 Å². The number of rotatable bonds is 4. The summed E-state index contributed by atoms with van der Waals surface area (Å²) in [4.78, 5) is 13.8. The number of fused-ring (bicyclic) bond motifs is 1. The fourth-order valence-electron chi connectivity index (χ4n) is 2.21. The van der Waals surface area contributed by atoms with Crippen LogP contribution in [0, 0.1) is 0 Å². The van der Waals surface area contributed by atoms with Crippen molar-refractivity contribution in [3.05, 3.63) is 35.4 Å². The Morgan fingerprint density at radius 3 is 2.88 bits per heavy atom. The van der Waals surface area contributed by atoms with Crippen molar-refractivity contribution in [1.29, 1.82) is 0 Å². The van der Waals surface area contributed by atoms with E-state index in [2.05, 4.69) is 41.4 Å². The van der Waals surface area contributed by atoms with Gasteiger partial charge in [0, 0.05) is 19.6 Å². The highest BCUT2D eigenvalue weighted by atomic mass is 16.2. The summed E-state index contributed by atoms with van der Waals surface area (Å²) < 4.78 is 0. The number of carbonyl (C=O) groups is 1. The molecule has 1 aromatic carbocycles. The molecule has 0 spiro atoms. The molecule has 17 heavy (non-hydrogen) atoms. The van der Waals surface area contributed by atoms with E-state index < -0.39 is 0 Å². The zero-order valence-electron chi connectivity index (χ0n) is 10.4. The Bertz CT molecular complexity index is 390. The number of benzene rings is 1. The van der Waals surface area contributed by atoms with Gasteiger partial charge in [-0.25, -0.2) is 0 Å². The standard InChI is InChI=1S/C14H20N2O/c1-2-8-15-14(17)11-16-9-7-12-5-3-4-6-13(12)10-16/h3-6H,2,7-11H2,1H3,(H,15,17). The van der Waals surface area contributed by atoms with Crippen molar-refractivity contribution in [1.82, 2.24) is 10.2 Å². The van der Waals surface area contributed by atoms with Crippen LogP contribution < -0.4 is 5.32 Å². The van der Waals surface area contributed by atoms with Gasteiger partial charge in [0.15, 0.2) is 0 Å². The van der Waals surface area contributed by atoms with Crippen LogP contribution in [0.5, 0.6) is 0 Å². The molecule has 0 aliphatic carbocycles. The van der Waals surface area contributed by atoms with E-state index in [4.69, 9.17) is 0 Å². The normalized spacial score (nSPS) is 15.4. The Morgan fingerprint density at radius 1 is 1.35 bits per heavy atom. The highest BCUT2D eigenvalue weighted by molar-refractivity contribution is 5.78. The second-order valence-electron chi connectivity index (χ2n) is 4.58. The molecular formula is C14H20N2O. The van der Waals surface area contributed by atoms with E-state index in [1.165, 1.54) is 11.1 Å². The topological polar surface area (TPSA) is 32.3 Å². The van der Waals surface area contributed by atoms with Crippen LogP contribution in [0.25, 0.3) is 0 Å². The molecule has 0 saturated carbocycles. The maximum absolute atomic E-state index is 11.6. The molecule has 1 aliphatic heterocycles. The molecule has 0 bridgehead atoms. The van der Waals surface area contributed by atoms with Crippen LogP contribution in [0.15, 0.2) is 24.3 Å². The minimum absolute atomic E-state index is 0.145. The number of hydrogen-bond acceptors (Lipinski definition) is 2. The third-order valence-electron chi connectivity index (χ3n) is 3.15. The monoisotopic (exact) mass is 232 g/mol. The summed E-state index contributed by atoms with van der Waals surface area (Å²) in [6.45, 7) is 5.25. The molecule has 1 amide bonds. The Kier molecular flexibility index (Phi) is 4.15. The molecule has 1 aliphatic rings. The van der Waals surface area contributed by atoms with E-state index in [0.29, 0.717) is 6.54 Å². The van der Waals surface area contributed by atoms with Crippen molar-refractivity contribution in [3.63, 3.8) is 0 Å². The predicted octanol–water partition coefficient (Wildman–Crippen LogP) is 1.57. The quantitative estimate of drug-likeness (QED) is 0.854.